The molecule has 0 radical (unpaired) electrons. The van der Waals surface area contributed by atoms with Gasteiger partial charge < -0.3 is 9.64 Å². The molecule has 1 aliphatic heterocycles. The SMILES string of the molecule is CCOc1ccc(Cl)cc1-n1c(CC(C)C)c(C(=O)N2CCC[C@H](C)C2)cc(-c2nc(-c3ccc(Cl)cc3)cs2)c1=O. The zero-order valence-corrected chi connectivity index (χ0v) is 26.7. The van der Waals surface area contributed by atoms with E-state index < -0.39 is 0 Å². The van der Waals surface area contributed by atoms with Crippen LogP contribution in [0, 0.1) is 11.8 Å². The smallest absolute Gasteiger partial charge is 0.265 e. The topological polar surface area (TPSA) is 64.4 Å². The van der Waals surface area contributed by atoms with Gasteiger partial charge in [0.15, 0.2) is 0 Å². The van der Waals surface area contributed by atoms with Gasteiger partial charge in [0.05, 0.1) is 29.1 Å². The van der Waals surface area contributed by atoms with Gasteiger partial charge in [-0.25, -0.2) is 4.98 Å². The lowest BCUT2D eigenvalue weighted by atomic mass is 9.96. The van der Waals surface area contributed by atoms with Gasteiger partial charge in [0, 0.05) is 39.8 Å². The summed E-state index contributed by atoms with van der Waals surface area (Å²) in [4.78, 5) is 35.6. The van der Waals surface area contributed by atoms with Crippen LogP contribution in [-0.2, 0) is 6.42 Å². The second-order valence-electron chi connectivity index (χ2n) is 11.2. The summed E-state index contributed by atoms with van der Waals surface area (Å²) in [5, 5.41) is 3.57. The number of benzene rings is 2. The lowest BCUT2D eigenvalue weighted by Crippen LogP contribution is -2.40. The molecular weight excluding hydrogens is 589 g/mol. The number of amides is 1. The predicted molar refractivity (Wildman–Crippen MR) is 173 cm³/mol. The molecule has 0 spiro atoms. The van der Waals surface area contributed by atoms with Crippen molar-refractivity contribution in [3.05, 3.63) is 85.6 Å². The number of hydrogen-bond donors (Lipinski definition) is 0. The molecule has 0 N–H and O–H groups in total. The summed E-state index contributed by atoms with van der Waals surface area (Å²) in [5.41, 5.74) is 3.41. The number of likely N-dealkylation sites (tertiary alicyclic amines) is 1. The highest BCUT2D eigenvalue weighted by molar-refractivity contribution is 7.13. The maximum atomic E-state index is 14.5. The predicted octanol–water partition coefficient (Wildman–Crippen LogP) is 8.40. The van der Waals surface area contributed by atoms with Crippen LogP contribution in [0.2, 0.25) is 10.0 Å². The van der Waals surface area contributed by atoms with E-state index in [4.69, 9.17) is 32.9 Å². The van der Waals surface area contributed by atoms with Gasteiger partial charge >= 0.3 is 0 Å². The number of nitrogens with zero attached hydrogens (tertiary/aromatic N) is 3. The van der Waals surface area contributed by atoms with Crippen LogP contribution in [0.15, 0.2) is 58.7 Å². The van der Waals surface area contributed by atoms with Crippen molar-refractivity contribution in [2.45, 2.75) is 47.0 Å². The number of carbonyl (C=O) groups excluding carboxylic acids is 1. The molecule has 0 unspecified atom stereocenters. The number of halogens is 2. The van der Waals surface area contributed by atoms with Crippen LogP contribution in [0.4, 0.5) is 0 Å². The van der Waals surface area contributed by atoms with Gasteiger partial charge in [0.1, 0.15) is 10.8 Å². The fourth-order valence-corrected chi connectivity index (χ4v) is 6.60. The number of aromatic nitrogens is 2. The van der Waals surface area contributed by atoms with Crippen molar-refractivity contribution < 1.29 is 9.53 Å². The largest absolute Gasteiger partial charge is 0.492 e. The standard InChI is InChI=1S/C33H35Cl2N3O3S/c1-5-41-30-13-12-24(35)16-29(30)38-28(15-20(2)3)25(32(39)37-14-6-7-21(4)18-37)17-26(33(38)40)31-36-27(19-42-31)22-8-10-23(34)11-9-22/h8-13,16-17,19-21H,5-7,14-15,18H2,1-4H3/t21-/m0/s1. The lowest BCUT2D eigenvalue weighted by Gasteiger charge is -2.32. The molecule has 0 aliphatic carbocycles. The van der Waals surface area contributed by atoms with Crippen molar-refractivity contribution >= 4 is 40.4 Å². The normalized spacial score (nSPS) is 15.3. The molecule has 1 amide bonds. The van der Waals surface area contributed by atoms with Gasteiger partial charge in [0.25, 0.3) is 11.5 Å². The summed E-state index contributed by atoms with van der Waals surface area (Å²) < 4.78 is 7.61. The summed E-state index contributed by atoms with van der Waals surface area (Å²) in [6.07, 6.45) is 2.57. The number of thiazole rings is 1. The first-order chi connectivity index (χ1) is 20.2. The monoisotopic (exact) mass is 623 g/mol. The van der Waals surface area contributed by atoms with E-state index >= 15 is 0 Å². The Kier molecular flexibility index (Phi) is 9.41. The number of pyridine rings is 1. The molecule has 9 heteroatoms. The van der Waals surface area contributed by atoms with E-state index in [-0.39, 0.29) is 17.4 Å². The summed E-state index contributed by atoms with van der Waals surface area (Å²) in [7, 11) is 0. The van der Waals surface area contributed by atoms with Gasteiger partial charge in [-0.1, -0.05) is 56.1 Å². The maximum absolute atomic E-state index is 14.5. The Balaban J connectivity index is 1.77. The van der Waals surface area contributed by atoms with Gasteiger partial charge in [-0.15, -0.1) is 11.3 Å². The van der Waals surface area contributed by atoms with Crippen molar-refractivity contribution in [1.82, 2.24) is 14.5 Å². The highest BCUT2D eigenvalue weighted by atomic mass is 35.5. The molecule has 3 heterocycles. The Morgan fingerprint density at radius 2 is 1.86 bits per heavy atom. The fourth-order valence-electron chi connectivity index (χ4n) is 5.47. The number of hydrogen-bond acceptors (Lipinski definition) is 5. The van der Waals surface area contributed by atoms with E-state index in [1.165, 1.54) is 11.3 Å². The zero-order valence-electron chi connectivity index (χ0n) is 24.3. The molecule has 1 aliphatic rings. The number of ether oxygens (including phenoxy) is 1. The molecule has 5 rings (SSSR count). The zero-order chi connectivity index (χ0) is 30.0. The van der Waals surface area contributed by atoms with Crippen LogP contribution in [0.5, 0.6) is 5.75 Å². The Bertz CT molecular complexity index is 1650. The average molecular weight is 625 g/mol. The van der Waals surface area contributed by atoms with E-state index in [1.54, 1.807) is 28.8 Å². The maximum Gasteiger partial charge on any atom is 0.265 e. The van der Waals surface area contributed by atoms with E-state index in [1.807, 2.05) is 41.5 Å². The lowest BCUT2D eigenvalue weighted by molar-refractivity contribution is 0.0681. The Morgan fingerprint density at radius 3 is 2.55 bits per heavy atom. The van der Waals surface area contributed by atoms with Gasteiger partial charge in [0.2, 0.25) is 0 Å². The minimum atomic E-state index is -0.269. The third-order valence-corrected chi connectivity index (χ3v) is 8.78. The average Bonchev–Trinajstić information content (AvgIpc) is 3.44. The molecule has 42 heavy (non-hydrogen) atoms. The van der Waals surface area contributed by atoms with Crippen molar-refractivity contribution in [2.75, 3.05) is 19.7 Å². The minimum absolute atomic E-state index is 0.0679. The van der Waals surface area contributed by atoms with Crippen molar-refractivity contribution in [3.8, 4) is 33.3 Å². The molecule has 0 bridgehead atoms. The highest BCUT2D eigenvalue weighted by Crippen LogP contribution is 2.33. The summed E-state index contributed by atoms with van der Waals surface area (Å²) in [6.45, 7) is 10.0. The molecule has 6 nitrogen and oxygen atoms in total. The highest BCUT2D eigenvalue weighted by Gasteiger charge is 2.29. The first-order valence-electron chi connectivity index (χ1n) is 14.4. The Morgan fingerprint density at radius 1 is 1.12 bits per heavy atom. The quantitative estimate of drug-likeness (QED) is 0.198. The molecule has 1 fully saturated rings. The van der Waals surface area contributed by atoms with Gasteiger partial charge in [-0.3, -0.25) is 14.2 Å². The first kappa shape index (κ1) is 30.3. The van der Waals surface area contributed by atoms with Gasteiger partial charge in [-0.05, 0) is 74.4 Å². The van der Waals surface area contributed by atoms with Gasteiger partial charge in [-0.2, -0.15) is 0 Å². The van der Waals surface area contributed by atoms with Crippen molar-refractivity contribution in [2.24, 2.45) is 11.8 Å². The van der Waals surface area contributed by atoms with Crippen molar-refractivity contribution in [1.29, 1.82) is 0 Å². The molecule has 2 aromatic carbocycles. The van der Waals surface area contributed by atoms with E-state index in [0.29, 0.717) is 75.3 Å². The molecule has 2 aromatic heterocycles. The minimum Gasteiger partial charge on any atom is -0.492 e. The number of piperidine rings is 1. The van der Waals surface area contributed by atoms with Crippen LogP contribution in [0.25, 0.3) is 27.5 Å². The Hall–Kier alpha value is -3.13. The summed E-state index contributed by atoms with van der Waals surface area (Å²) in [6, 6.07) is 14.4. The second kappa shape index (κ2) is 13.0. The first-order valence-corrected chi connectivity index (χ1v) is 16.0. The molecule has 4 aromatic rings. The van der Waals surface area contributed by atoms with Crippen LogP contribution < -0.4 is 10.3 Å². The van der Waals surface area contributed by atoms with Crippen LogP contribution in [-0.4, -0.2) is 40.1 Å². The molecule has 220 valence electrons. The van der Waals surface area contributed by atoms with E-state index in [2.05, 4.69) is 20.8 Å². The van der Waals surface area contributed by atoms with E-state index in [9.17, 15) is 9.59 Å². The summed E-state index contributed by atoms with van der Waals surface area (Å²) >= 11 is 14.0. The molecule has 1 atom stereocenters. The third-order valence-electron chi connectivity index (χ3n) is 7.42. The molecule has 1 saturated heterocycles. The number of rotatable bonds is 8. The van der Waals surface area contributed by atoms with E-state index in [0.717, 1.165) is 24.1 Å². The molecule has 0 saturated carbocycles. The molecular formula is C33H35Cl2N3O3S. The van der Waals surface area contributed by atoms with Crippen LogP contribution in [0.1, 0.15) is 56.6 Å². The second-order valence-corrected chi connectivity index (χ2v) is 13.0. The van der Waals surface area contributed by atoms with Crippen LogP contribution >= 0.6 is 34.5 Å². The van der Waals surface area contributed by atoms with Crippen LogP contribution in [0.3, 0.4) is 0 Å². The summed E-state index contributed by atoms with van der Waals surface area (Å²) in [5.74, 6) is 1.05. The Labute approximate surface area is 260 Å². The fraction of sp³-hybridized carbons (Fsp3) is 0.364. The number of carbonyl (C=O) groups is 1. The van der Waals surface area contributed by atoms with Crippen molar-refractivity contribution in [3.63, 3.8) is 0 Å². The third kappa shape index (κ3) is 6.43.